The Balaban J connectivity index is 2.08. The maximum Gasteiger partial charge on any atom is 0.216 e. The molecule has 0 aliphatic carbocycles. The zero-order chi connectivity index (χ0) is 14.0. The van der Waals surface area contributed by atoms with Gasteiger partial charge in [0.25, 0.3) is 0 Å². The van der Waals surface area contributed by atoms with Crippen LogP contribution in [0.3, 0.4) is 0 Å². The molecule has 0 amide bonds. The predicted octanol–water partition coefficient (Wildman–Crippen LogP) is 2.74. The summed E-state index contributed by atoms with van der Waals surface area (Å²) in [5, 5.41) is 11.6. The molecule has 0 saturated heterocycles. The van der Waals surface area contributed by atoms with E-state index in [0.29, 0.717) is 24.7 Å². The molecule has 0 spiro atoms. The van der Waals surface area contributed by atoms with E-state index in [0.717, 1.165) is 11.4 Å². The fourth-order valence-corrected chi connectivity index (χ4v) is 1.86. The third-order valence-electron chi connectivity index (χ3n) is 3.06. The summed E-state index contributed by atoms with van der Waals surface area (Å²) in [6.07, 6.45) is 3.51. The van der Waals surface area contributed by atoms with Gasteiger partial charge in [0.15, 0.2) is 0 Å². The first-order chi connectivity index (χ1) is 9.02. The van der Waals surface area contributed by atoms with E-state index in [1.807, 2.05) is 24.7 Å². The molecule has 0 atom stereocenters. The smallest absolute Gasteiger partial charge is 0.216 e. The van der Waals surface area contributed by atoms with Crippen LogP contribution in [0.1, 0.15) is 38.1 Å². The van der Waals surface area contributed by atoms with Crippen molar-refractivity contribution in [2.75, 3.05) is 5.32 Å². The quantitative estimate of drug-likeness (QED) is 0.904. The normalized spacial score (nSPS) is 11.3. The van der Waals surface area contributed by atoms with Crippen LogP contribution in [0.4, 0.5) is 10.1 Å². The molecule has 0 fully saturated rings. The number of anilines is 1. The summed E-state index contributed by atoms with van der Waals surface area (Å²) in [5.41, 5.74) is 2.41. The molecule has 0 radical (unpaired) electrons. The van der Waals surface area contributed by atoms with Crippen LogP contribution in [0.25, 0.3) is 0 Å². The molecule has 2 heterocycles. The Kier molecular flexibility index (Phi) is 3.87. The topological polar surface area (TPSA) is 47.7 Å². The number of nitrogens with zero attached hydrogens (tertiary/aromatic N) is 4. The standard InChI is InChI=1S/C13H20FN5/c1-5-18-13(14)11(7-16-18)6-15-12-8-19(9(2)3)17-10(12)4/h7-9,15H,5-6H2,1-4H3. The minimum atomic E-state index is -0.274. The van der Waals surface area contributed by atoms with Crippen LogP contribution in [0.5, 0.6) is 0 Å². The SMILES string of the molecule is CCn1ncc(CNc2cn(C(C)C)nc2C)c1F. The summed E-state index contributed by atoms with van der Waals surface area (Å²) in [6.45, 7) is 8.89. The second-order valence-electron chi connectivity index (χ2n) is 4.83. The highest BCUT2D eigenvalue weighted by Crippen LogP contribution is 2.17. The van der Waals surface area contributed by atoms with Gasteiger partial charge in [0.2, 0.25) is 5.95 Å². The van der Waals surface area contributed by atoms with Crippen molar-refractivity contribution in [3.05, 3.63) is 29.6 Å². The van der Waals surface area contributed by atoms with Gasteiger partial charge >= 0.3 is 0 Å². The first-order valence-corrected chi connectivity index (χ1v) is 6.52. The van der Waals surface area contributed by atoms with E-state index < -0.39 is 0 Å². The Morgan fingerprint density at radius 1 is 1.42 bits per heavy atom. The Hall–Kier alpha value is -1.85. The number of halogens is 1. The molecular weight excluding hydrogens is 245 g/mol. The summed E-state index contributed by atoms with van der Waals surface area (Å²) >= 11 is 0. The lowest BCUT2D eigenvalue weighted by Crippen LogP contribution is -2.04. The molecule has 1 N–H and O–H groups in total. The van der Waals surface area contributed by atoms with Crippen LogP contribution >= 0.6 is 0 Å². The molecule has 0 bridgehead atoms. The third-order valence-corrected chi connectivity index (χ3v) is 3.06. The molecule has 104 valence electrons. The van der Waals surface area contributed by atoms with E-state index in [-0.39, 0.29) is 5.95 Å². The highest BCUT2D eigenvalue weighted by molar-refractivity contribution is 5.46. The van der Waals surface area contributed by atoms with E-state index in [9.17, 15) is 4.39 Å². The van der Waals surface area contributed by atoms with E-state index in [1.165, 1.54) is 4.68 Å². The Morgan fingerprint density at radius 2 is 2.16 bits per heavy atom. The molecular formula is C13H20FN5. The van der Waals surface area contributed by atoms with Gasteiger partial charge in [-0.2, -0.15) is 14.6 Å². The summed E-state index contributed by atoms with van der Waals surface area (Å²) in [5.74, 6) is -0.274. The second-order valence-corrected chi connectivity index (χ2v) is 4.83. The number of aryl methyl sites for hydroxylation is 2. The van der Waals surface area contributed by atoms with E-state index >= 15 is 0 Å². The lowest BCUT2D eigenvalue weighted by molar-refractivity contribution is 0.465. The Morgan fingerprint density at radius 3 is 2.68 bits per heavy atom. The van der Waals surface area contributed by atoms with Crippen molar-refractivity contribution in [1.29, 1.82) is 0 Å². The van der Waals surface area contributed by atoms with Crippen LogP contribution in [-0.2, 0) is 13.1 Å². The minimum Gasteiger partial charge on any atom is -0.378 e. The largest absolute Gasteiger partial charge is 0.378 e. The number of aromatic nitrogens is 4. The van der Waals surface area contributed by atoms with Gasteiger partial charge in [0.05, 0.1) is 17.6 Å². The number of nitrogens with one attached hydrogen (secondary N) is 1. The van der Waals surface area contributed by atoms with Gasteiger partial charge in [-0.05, 0) is 27.7 Å². The van der Waals surface area contributed by atoms with Crippen LogP contribution in [0.15, 0.2) is 12.4 Å². The number of rotatable bonds is 5. The summed E-state index contributed by atoms with van der Waals surface area (Å²) in [7, 11) is 0. The predicted molar refractivity (Wildman–Crippen MR) is 72.5 cm³/mol. The lowest BCUT2D eigenvalue weighted by atomic mass is 10.3. The summed E-state index contributed by atoms with van der Waals surface area (Å²) in [4.78, 5) is 0. The van der Waals surface area contributed by atoms with Gasteiger partial charge in [-0.15, -0.1) is 0 Å². The van der Waals surface area contributed by atoms with E-state index in [2.05, 4.69) is 29.4 Å². The second kappa shape index (κ2) is 5.42. The maximum absolute atomic E-state index is 13.8. The van der Waals surface area contributed by atoms with Crippen LogP contribution in [0.2, 0.25) is 0 Å². The van der Waals surface area contributed by atoms with Gasteiger partial charge in [0.1, 0.15) is 0 Å². The molecule has 19 heavy (non-hydrogen) atoms. The third kappa shape index (κ3) is 2.77. The van der Waals surface area contributed by atoms with Crippen molar-refractivity contribution in [3.8, 4) is 0 Å². The number of hydrogen-bond acceptors (Lipinski definition) is 3. The van der Waals surface area contributed by atoms with Crippen molar-refractivity contribution in [1.82, 2.24) is 19.6 Å². The Bertz CT molecular complexity index is 555. The molecule has 5 nitrogen and oxygen atoms in total. The highest BCUT2D eigenvalue weighted by atomic mass is 19.1. The van der Waals surface area contributed by atoms with Crippen LogP contribution in [0, 0.1) is 12.9 Å². The van der Waals surface area contributed by atoms with Crippen molar-refractivity contribution in [2.24, 2.45) is 0 Å². The van der Waals surface area contributed by atoms with Crippen LogP contribution in [-0.4, -0.2) is 19.6 Å². The molecule has 2 aromatic heterocycles. The van der Waals surface area contributed by atoms with Crippen LogP contribution < -0.4 is 5.32 Å². The van der Waals surface area contributed by atoms with Gasteiger partial charge < -0.3 is 5.32 Å². The molecule has 0 unspecified atom stereocenters. The van der Waals surface area contributed by atoms with E-state index in [4.69, 9.17) is 0 Å². The molecule has 0 saturated carbocycles. The monoisotopic (exact) mass is 265 g/mol. The van der Waals surface area contributed by atoms with Gasteiger partial charge in [-0.3, -0.25) is 4.68 Å². The lowest BCUT2D eigenvalue weighted by Gasteiger charge is -2.04. The molecule has 6 heteroatoms. The molecule has 0 aliphatic rings. The van der Waals surface area contributed by atoms with Crippen molar-refractivity contribution < 1.29 is 4.39 Å². The zero-order valence-corrected chi connectivity index (χ0v) is 11.8. The van der Waals surface area contributed by atoms with E-state index in [1.54, 1.807) is 6.20 Å². The van der Waals surface area contributed by atoms with Gasteiger partial charge in [0, 0.05) is 30.9 Å². The minimum absolute atomic E-state index is 0.274. The molecule has 2 aromatic rings. The molecule has 0 aliphatic heterocycles. The summed E-state index contributed by atoms with van der Waals surface area (Å²) < 4.78 is 17.1. The highest BCUT2D eigenvalue weighted by Gasteiger charge is 2.11. The molecule has 0 aromatic carbocycles. The first kappa shape index (κ1) is 13.6. The average molecular weight is 265 g/mol. The average Bonchev–Trinajstić information content (AvgIpc) is 2.91. The van der Waals surface area contributed by atoms with Gasteiger partial charge in [-0.25, -0.2) is 4.68 Å². The maximum atomic E-state index is 13.8. The summed E-state index contributed by atoms with van der Waals surface area (Å²) in [6, 6.07) is 0.314. The fraction of sp³-hybridized carbons (Fsp3) is 0.538. The Labute approximate surface area is 112 Å². The number of hydrogen-bond donors (Lipinski definition) is 1. The van der Waals surface area contributed by atoms with Crippen molar-refractivity contribution in [2.45, 2.75) is 46.8 Å². The molecule has 2 rings (SSSR count). The van der Waals surface area contributed by atoms with Crippen molar-refractivity contribution >= 4 is 5.69 Å². The van der Waals surface area contributed by atoms with Gasteiger partial charge in [-0.1, -0.05) is 0 Å². The van der Waals surface area contributed by atoms with Crippen molar-refractivity contribution in [3.63, 3.8) is 0 Å². The fourth-order valence-electron chi connectivity index (χ4n) is 1.86. The first-order valence-electron chi connectivity index (χ1n) is 6.52. The zero-order valence-electron chi connectivity index (χ0n) is 11.8.